The number of amides is 1. The van der Waals surface area contributed by atoms with Gasteiger partial charge in [0.1, 0.15) is 24.3 Å². The molecule has 1 aliphatic heterocycles. The van der Waals surface area contributed by atoms with Crippen molar-refractivity contribution < 1.29 is 47.3 Å². The summed E-state index contributed by atoms with van der Waals surface area (Å²) in [4.78, 5) is 46.4. The maximum atomic E-state index is 14.1. The van der Waals surface area contributed by atoms with E-state index in [0.29, 0.717) is 29.8 Å². The van der Waals surface area contributed by atoms with Gasteiger partial charge in [-0.3, -0.25) is 19.2 Å². The Morgan fingerprint density at radius 1 is 0.974 bits per heavy atom. The Morgan fingerprint density at radius 3 is 2.36 bits per heavy atom. The zero-order chi connectivity index (χ0) is 28.5. The largest absolute Gasteiger partial charge is 0.463 e. The Labute approximate surface area is 225 Å². The van der Waals surface area contributed by atoms with Gasteiger partial charge >= 0.3 is 17.9 Å². The van der Waals surface area contributed by atoms with Crippen LogP contribution in [0.3, 0.4) is 0 Å². The van der Waals surface area contributed by atoms with Crippen molar-refractivity contribution in [2.45, 2.75) is 65.1 Å². The zero-order valence-electron chi connectivity index (χ0n) is 22.2. The minimum absolute atomic E-state index is 0.0985. The zero-order valence-corrected chi connectivity index (χ0v) is 22.2. The van der Waals surface area contributed by atoms with Crippen LogP contribution in [-0.4, -0.2) is 61.6 Å². The van der Waals surface area contributed by atoms with Crippen LogP contribution in [0.2, 0.25) is 0 Å². The number of rotatable bonds is 10. The Hall–Kier alpha value is -3.99. The molecule has 2 aromatic carbocycles. The minimum atomic E-state index is -1.22. The number of esters is 3. The van der Waals surface area contributed by atoms with Crippen LogP contribution in [0, 0.1) is 5.82 Å². The van der Waals surface area contributed by atoms with E-state index < -0.39 is 48.3 Å². The van der Waals surface area contributed by atoms with Crippen molar-refractivity contribution >= 4 is 23.8 Å². The molecule has 210 valence electrons. The molecule has 0 bridgehead atoms. The highest BCUT2D eigenvalue weighted by Gasteiger charge is 2.45. The molecule has 3 rings (SSSR count). The summed E-state index contributed by atoms with van der Waals surface area (Å²) < 4.78 is 42.1. The lowest BCUT2D eigenvalue weighted by molar-refractivity contribution is -0.254. The molecular weight excluding hydrogens is 513 g/mol. The molecule has 1 N–H and O–H groups in total. The van der Waals surface area contributed by atoms with Gasteiger partial charge in [0.2, 0.25) is 18.3 Å². The molecule has 1 fully saturated rings. The van der Waals surface area contributed by atoms with Crippen LogP contribution in [0.5, 0.6) is 5.75 Å². The number of benzene rings is 2. The molecule has 1 aliphatic rings. The average Bonchev–Trinajstić information content (AvgIpc) is 2.84. The molecule has 0 radical (unpaired) electrons. The molecule has 4 atom stereocenters. The molecule has 1 amide bonds. The van der Waals surface area contributed by atoms with Gasteiger partial charge in [-0.15, -0.1) is 0 Å². The molecule has 0 spiro atoms. The third kappa shape index (κ3) is 9.06. The second-order valence-corrected chi connectivity index (χ2v) is 9.07. The Morgan fingerprint density at radius 2 is 1.72 bits per heavy atom. The van der Waals surface area contributed by atoms with Crippen LogP contribution >= 0.6 is 0 Å². The summed E-state index contributed by atoms with van der Waals surface area (Å²) in [6.07, 6.45) is -3.41. The van der Waals surface area contributed by atoms with Gasteiger partial charge in [0.05, 0.1) is 6.10 Å². The van der Waals surface area contributed by atoms with Crippen molar-refractivity contribution in [1.29, 1.82) is 0 Å². The van der Waals surface area contributed by atoms with Gasteiger partial charge < -0.3 is 29.0 Å². The average molecular weight is 546 g/mol. The van der Waals surface area contributed by atoms with E-state index >= 15 is 0 Å². The lowest BCUT2D eigenvalue weighted by Gasteiger charge is -2.39. The third-order valence-electron chi connectivity index (χ3n) is 5.79. The van der Waals surface area contributed by atoms with E-state index in [1.807, 2.05) is 0 Å². The monoisotopic (exact) mass is 545 g/mol. The standard InChI is InChI=1S/C28H32FNO9/c1-16(31)30-11-10-20-8-9-23(13-25(20)21-6-5-7-22(29)12-21)38-28-27(37-19(4)34)26(36-18(3)33)14-24(39-28)15-35-17(2)32/h5-9,12-13,24,26-28H,10-11,14-15H2,1-4H3,(H,30,31)/t24-,26-,27-,28-/m0/s1. The van der Waals surface area contributed by atoms with Crippen molar-refractivity contribution in [2.75, 3.05) is 13.2 Å². The molecule has 0 aliphatic carbocycles. The van der Waals surface area contributed by atoms with Gasteiger partial charge in [-0.25, -0.2) is 4.39 Å². The smallest absolute Gasteiger partial charge is 0.303 e. The molecule has 0 unspecified atom stereocenters. The van der Waals surface area contributed by atoms with Crippen LogP contribution in [0.1, 0.15) is 39.7 Å². The predicted octanol–water partition coefficient (Wildman–Crippen LogP) is 3.09. The Balaban J connectivity index is 1.95. The van der Waals surface area contributed by atoms with Crippen molar-refractivity contribution in [3.05, 3.63) is 53.8 Å². The van der Waals surface area contributed by atoms with E-state index in [2.05, 4.69) is 5.32 Å². The van der Waals surface area contributed by atoms with Crippen LogP contribution in [0.4, 0.5) is 4.39 Å². The van der Waals surface area contributed by atoms with E-state index in [9.17, 15) is 23.6 Å². The van der Waals surface area contributed by atoms with Crippen LogP contribution < -0.4 is 10.1 Å². The van der Waals surface area contributed by atoms with Crippen molar-refractivity contribution in [3.8, 4) is 16.9 Å². The van der Waals surface area contributed by atoms with Gasteiger partial charge in [-0.05, 0) is 47.4 Å². The van der Waals surface area contributed by atoms with E-state index in [-0.39, 0.29) is 18.9 Å². The molecule has 2 aromatic rings. The lowest BCUT2D eigenvalue weighted by Crippen LogP contribution is -2.55. The molecule has 39 heavy (non-hydrogen) atoms. The van der Waals surface area contributed by atoms with E-state index in [0.717, 1.165) is 5.56 Å². The summed E-state index contributed by atoms with van der Waals surface area (Å²) in [5.41, 5.74) is 2.07. The SMILES string of the molecule is CC(=O)NCCc1ccc(O[C@H]2O[C@H](COC(C)=O)C[C@H](OC(C)=O)[C@@H]2OC(C)=O)cc1-c1cccc(F)c1. The van der Waals surface area contributed by atoms with Gasteiger partial charge in [0, 0.05) is 40.7 Å². The summed E-state index contributed by atoms with van der Waals surface area (Å²) in [6.45, 7) is 5.35. The highest BCUT2D eigenvalue weighted by atomic mass is 19.1. The van der Waals surface area contributed by atoms with E-state index in [1.165, 1.54) is 39.8 Å². The molecule has 11 heteroatoms. The second kappa shape index (κ2) is 13.7. The highest BCUT2D eigenvalue weighted by Crippen LogP contribution is 2.33. The van der Waals surface area contributed by atoms with Gasteiger partial charge in [-0.2, -0.15) is 0 Å². The minimum Gasteiger partial charge on any atom is -0.463 e. The summed E-state index contributed by atoms with van der Waals surface area (Å²) >= 11 is 0. The maximum absolute atomic E-state index is 14.1. The second-order valence-electron chi connectivity index (χ2n) is 9.07. The van der Waals surface area contributed by atoms with Crippen LogP contribution in [0.15, 0.2) is 42.5 Å². The normalized spacial score (nSPS) is 20.4. The molecule has 1 saturated heterocycles. The number of hydrogen-bond donors (Lipinski definition) is 1. The Kier molecular flexibility index (Phi) is 10.4. The fourth-order valence-corrected chi connectivity index (χ4v) is 4.23. The summed E-state index contributed by atoms with van der Waals surface area (Å²) in [6, 6.07) is 11.2. The number of carbonyl (C=O) groups excluding carboxylic acids is 4. The summed E-state index contributed by atoms with van der Waals surface area (Å²) in [5, 5.41) is 2.74. The van der Waals surface area contributed by atoms with Crippen molar-refractivity contribution in [1.82, 2.24) is 5.32 Å². The number of ether oxygens (including phenoxy) is 5. The first-order valence-electron chi connectivity index (χ1n) is 12.4. The molecular formula is C28H32FNO9. The van der Waals surface area contributed by atoms with Gasteiger partial charge in [0.15, 0.2) is 0 Å². The third-order valence-corrected chi connectivity index (χ3v) is 5.79. The van der Waals surface area contributed by atoms with Gasteiger partial charge in [-0.1, -0.05) is 18.2 Å². The first-order valence-corrected chi connectivity index (χ1v) is 12.4. The maximum Gasteiger partial charge on any atom is 0.303 e. The molecule has 0 saturated carbocycles. The molecule has 1 heterocycles. The van der Waals surface area contributed by atoms with Gasteiger partial charge in [0.25, 0.3) is 0 Å². The summed E-state index contributed by atoms with van der Waals surface area (Å²) in [5.74, 6) is -2.04. The molecule has 0 aromatic heterocycles. The first-order chi connectivity index (χ1) is 18.5. The van der Waals surface area contributed by atoms with E-state index in [4.69, 9.17) is 23.7 Å². The van der Waals surface area contributed by atoms with E-state index in [1.54, 1.807) is 30.3 Å². The predicted molar refractivity (Wildman–Crippen MR) is 136 cm³/mol. The first kappa shape index (κ1) is 29.6. The number of hydrogen-bond acceptors (Lipinski definition) is 9. The van der Waals surface area contributed by atoms with Crippen LogP contribution in [0.25, 0.3) is 11.1 Å². The topological polar surface area (TPSA) is 126 Å². The number of nitrogens with one attached hydrogen (secondary N) is 1. The summed E-state index contributed by atoms with van der Waals surface area (Å²) in [7, 11) is 0. The quantitative estimate of drug-likeness (QED) is 0.354. The lowest BCUT2D eigenvalue weighted by atomic mass is 9.97. The fourth-order valence-electron chi connectivity index (χ4n) is 4.23. The number of carbonyl (C=O) groups is 4. The Bertz CT molecular complexity index is 1200. The highest BCUT2D eigenvalue weighted by molar-refractivity contribution is 5.73. The fraction of sp³-hybridized carbons (Fsp3) is 0.429. The van der Waals surface area contributed by atoms with Crippen molar-refractivity contribution in [3.63, 3.8) is 0 Å². The molecule has 10 nitrogen and oxygen atoms in total. The number of halogens is 1. The van der Waals surface area contributed by atoms with Crippen LogP contribution in [-0.2, 0) is 44.5 Å². The van der Waals surface area contributed by atoms with Crippen molar-refractivity contribution in [2.24, 2.45) is 0 Å².